The van der Waals surface area contributed by atoms with Crippen LogP contribution >= 0.6 is 15.9 Å². The number of rotatable bonds is 4. The van der Waals surface area contributed by atoms with Gasteiger partial charge in [0.15, 0.2) is 11.5 Å². The molecule has 2 aromatic carbocycles. The maximum Gasteiger partial charge on any atom is 0.251 e. The summed E-state index contributed by atoms with van der Waals surface area (Å²) in [7, 11) is 0. The van der Waals surface area contributed by atoms with Crippen molar-refractivity contribution in [2.24, 2.45) is 0 Å². The van der Waals surface area contributed by atoms with Crippen LogP contribution in [0.3, 0.4) is 0 Å². The van der Waals surface area contributed by atoms with Crippen LogP contribution in [0.25, 0.3) is 0 Å². The quantitative estimate of drug-likeness (QED) is 0.841. The Labute approximate surface area is 147 Å². The Hall–Kier alpha value is -2.54. The topological polar surface area (TPSA) is 76.7 Å². The van der Waals surface area contributed by atoms with Crippen molar-refractivity contribution in [3.8, 4) is 11.5 Å². The fourth-order valence-electron chi connectivity index (χ4n) is 2.22. The number of ether oxygens (including phenoxy) is 2. The summed E-state index contributed by atoms with van der Waals surface area (Å²) in [6.45, 7) is 1.98. The van der Waals surface area contributed by atoms with Crippen LogP contribution in [0.5, 0.6) is 11.5 Å². The maximum atomic E-state index is 12.1. The minimum Gasteiger partial charge on any atom is -0.454 e. The zero-order chi connectivity index (χ0) is 17.1. The lowest BCUT2D eigenvalue weighted by atomic mass is 10.2. The molecule has 0 fully saturated rings. The summed E-state index contributed by atoms with van der Waals surface area (Å²) in [5.41, 5.74) is 2.14. The molecule has 1 aliphatic rings. The van der Waals surface area contributed by atoms with Crippen LogP contribution in [0.2, 0.25) is 0 Å². The minimum atomic E-state index is -0.355. The first-order valence-corrected chi connectivity index (χ1v) is 8.06. The average molecular weight is 391 g/mol. The lowest BCUT2D eigenvalue weighted by Crippen LogP contribution is -2.32. The fourth-order valence-corrected chi connectivity index (χ4v) is 2.81. The number of fused-ring (bicyclic) bond motifs is 1. The predicted octanol–water partition coefficient (Wildman–Crippen LogP) is 2.85. The normalized spacial score (nSPS) is 11.9. The van der Waals surface area contributed by atoms with Crippen LogP contribution in [0.4, 0.5) is 5.69 Å². The van der Waals surface area contributed by atoms with Crippen molar-refractivity contribution >= 4 is 33.4 Å². The molecule has 0 radical (unpaired) electrons. The highest BCUT2D eigenvalue weighted by atomic mass is 79.9. The SMILES string of the molecule is Cc1ccc(NC(=O)CNC(=O)c2ccc3c(c2)OCO3)c(Br)c1. The molecule has 0 saturated carbocycles. The van der Waals surface area contributed by atoms with Gasteiger partial charge in [0.2, 0.25) is 12.7 Å². The number of amides is 2. The second kappa shape index (κ2) is 6.92. The van der Waals surface area contributed by atoms with Crippen molar-refractivity contribution in [1.29, 1.82) is 0 Å². The van der Waals surface area contributed by atoms with Crippen LogP contribution < -0.4 is 20.1 Å². The molecule has 0 aromatic heterocycles. The summed E-state index contributed by atoms with van der Waals surface area (Å²) in [6, 6.07) is 10.5. The molecule has 0 aliphatic carbocycles. The maximum absolute atomic E-state index is 12.1. The van der Waals surface area contributed by atoms with Gasteiger partial charge < -0.3 is 20.1 Å². The molecule has 24 heavy (non-hydrogen) atoms. The molecular weight excluding hydrogens is 376 g/mol. The van der Waals surface area contributed by atoms with Gasteiger partial charge in [0.05, 0.1) is 12.2 Å². The van der Waals surface area contributed by atoms with Gasteiger partial charge in [0, 0.05) is 10.0 Å². The number of benzene rings is 2. The number of aryl methyl sites for hydroxylation is 1. The monoisotopic (exact) mass is 390 g/mol. The van der Waals surface area contributed by atoms with E-state index < -0.39 is 0 Å². The third-order valence-corrected chi connectivity index (χ3v) is 4.10. The van der Waals surface area contributed by atoms with Crippen molar-refractivity contribution in [2.45, 2.75) is 6.92 Å². The molecule has 1 aliphatic heterocycles. The van der Waals surface area contributed by atoms with Crippen LogP contribution in [0.15, 0.2) is 40.9 Å². The van der Waals surface area contributed by atoms with Gasteiger partial charge in [0.1, 0.15) is 0 Å². The van der Waals surface area contributed by atoms with Gasteiger partial charge in [0.25, 0.3) is 5.91 Å². The molecule has 0 spiro atoms. The molecule has 7 heteroatoms. The first kappa shape index (κ1) is 16.3. The summed E-state index contributed by atoms with van der Waals surface area (Å²) >= 11 is 3.39. The lowest BCUT2D eigenvalue weighted by molar-refractivity contribution is -0.115. The third kappa shape index (κ3) is 3.68. The highest BCUT2D eigenvalue weighted by molar-refractivity contribution is 9.10. The molecule has 124 valence electrons. The Morgan fingerprint density at radius 3 is 2.71 bits per heavy atom. The van der Waals surface area contributed by atoms with E-state index in [2.05, 4.69) is 26.6 Å². The summed E-state index contributed by atoms with van der Waals surface area (Å²) in [6.07, 6.45) is 0. The van der Waals surface area contributed by atoms with E-state index >= 15 is 0 Å². The van der Waals surface area contributed by atoms with E-state index in [-0.39, 0.29) is 25.2 Å². The fraction of sp³-hybridized carbons (Fsp3) is 0.176. The molecule has 1 heterocycles. The van der Waals surface area contributed by atoms with Gasteiger partial charge in [-0.1, -0.05) is 6.07 Å². The molecule has 2 N–H and O–H groups in total. The van der Waals surface area contributed by atoms with Gasteiger partial charge in [-0.05, 0) is 58.7 Å². The molecule has 6 nitrogen and oxygen atoms in total. The average Bonchev–Trinajstić information content (AvgIpc) is 3.03. The number of nitrogens with one attached hydrogen (secondary N) is 2. The molecule has 2 aromatic rings. The number of carbonyl (C=O) groups excluding carboxylic acids is 2. The van der Waals surface area contributed by atoms with E-state index in [1.165, 1.54) is 0 Å². The van der Waals surface area contributed by atoms with Gasteiger partial charge >= 0.3 is 0 Å². The molecule has 0 unspecified atom stereocenters. The van der Waals surface area contributed by atoms with Crippen molar-refractivity contribution in [2.75, 3.05) is 18.7 Å². The molecule has 2 amide bonds. The summed E-state index contributed by atoms with van der Waals surface area (Å²) in [4.78, 5) is 24.1. The standard InChI is InChI=1S/C17H15BrN2O4/c1-10-2-4-13(12(18)6-10)20-16(21)8-19-17(22)11-3-5-14-15(7-11)24-9-23-14/h2-7H,8-9H2,1H3,(H,19,22)(H,20,21). The van der Waals surface area contributed by atoms with Crippen molar-refractivity contribution in [3.63, 3.8) is 0 Å². The van der Waals surface area contributed by atoms with Gasteiger partial charge in [-0.3, -0.25) is 9.59 Å². The van der Waals surface area contributed by atoms with Gasteiger partial charge in [-0.2, -0.15) is 0 Å². The molecule has 0 atom stereocenters. The lowest BCUT2D eigenvalue weighted by Gasteiger charge is -2.09. The Balaban J connectivity index is 1.57. The second-order valence-electron chi connectivity index (χ2n) is 5.28. The number of carbonyl (C=O) groups is 2. The second-order valence-corrected chi connectivity index (χ2v) is 6.14. The van der Waals surface area contributed by atoms with E-state index in [0.29, 0.717) is 22.7 Å². The number of halogens is 1. The summed E-state index contributed by atoms with van der Waals surface area (Å²) in [5, 5.41) is 5.32. The van der Waals surface area contributed by atoms with Crippen molar-refractivity contribution in [1.82, 2.24) is 5.32 Å². The summed E-state index contributed by atoms with van der Waals surface area (Å²) < 4.78 is 11.2. The molecule has 0 saturated heterocycles. The van der Waals surface area contributed by atoms with Crippen LogP contribution in [-0.4, -0.2) is 25.2 Å². The van der Waals surface area contributed by atoms with Crippen LogP contribution in [0, 0.1) is 6.92 Å². The third-order valence-electron chi connectivity index (χ3n) is 3.44. The van der Waals surface area contributed by atoms with E-state index in [9.17, 15) is 9.59 Å². The molecule has 3 rings (SSSR count). The first-order valence-electron chi connectivity index (χ1n) is 7.27. The van der Waals surface area contributed by atoms with Crippen LogP contribution in [-0.2, 0) is 4.79 Å². The first-order chi connectivity index (χ1) is 11.5. The van der Waals surface area contributed by atoms with Crippen molar-refractivity contribution in [3.05, 3.63) is 52.0 Å². The van der Waals surface area contributed by atoms with Crippen molar-refractivity contribution < 1.29 is 19.1 Å². The van der Waals surface area contributed by atoms with Gasteiger partial charge in [-0.25, -0.2) is 0 Å². The van der Waals surface area contributed by atoms with E-state index in [1.54, 1.807) is 24.3 Å². The van der Waals surface area contributed by atoms with E-state index in [0.717, 1.165) is 10.0 Å². The zero-order valence-electron chi connectivity index (χ0n) is 12.9. The molecule has 0 bridgehead atoms. The van der Waals surface area contributed by atoms with E-state index in [4.69, 9.17) is 9.47 Å². The van der Waals surface area contributed by atoms with E-state index in [1.807, 2.05) is 19.1 Å². The Bertz CT molecular complexity index is 807. The number of anilines is 1. The minimum absolute atomic E-state index is 0.131. The Morgan fingerprint density at radius 1 is 1.12 bits per heavy atom. The highest BCUT2D eigenvalue weighted by Gasteiger charge is 2.16. The largest absolute Gasteiger partial charge is 0.454 e. The Morgan fingerprint density at radius 2 is 1.92 bits per heavy atom. The molecular formula is C17H15BrN2O4. The number of hydrogen-bond donors (Lipinski definition) is 2. The Kier molecular flexibility index (Phi) is 4.71. The van der Waals surface area contributed by atoms with Crippen LogP contribution in [0.1, 0.15) is 15.9 Å². The predicted molar refractivity (Wildman–Crippen MR) is 92.4 cm³/mol. The highest BCUT2D eigenvalue weighted by Crippen LogP contribution is 2.32. The zero-order valence-corrected chi connectivity index (χ0v) is 14.5. The summed E-state index contributed by atoms with van der Waals surface area (Å²) in [5.74, 6) is 0.462. The number of hydrogen-bond acceptors (Lipinski definition) is 4. The smallest absolute Gasteiger partial charge is 0.251 e. The van der Waals surface area contributed by atoms with Gasteiger partial charge in [-0.15, -0.1) is 0 Å².